The Bertz CT molecular complexity index is 576. The summed E-state index contributed by atoms with van der Waals surface area (Å²) in [6.45, 7) is 10.6. The van der Waals surface area contributed by atoms with E-state index < -0.39 is 0 Å². The highest BCUT2D eigenvalue weighted by Crippen LogP contribution is 2.21. The van der Waals surface area contributed by atoms with E-state index >= 15 is 0 Å². The second kappa shape index (κ2) is 7.27. The summed E-state index contributed by atoms with van der Waals surface area (Å²) in [6.07, 6.45) is 0. The third-order valence-corrected chi connectivity index (χ3v) is 3.14. The lowest BCUT2D eigenvalue weighted by atomic mass is 10.1. The van der Waals surface area contributed by atoms with Crippen molar-refractivity contribution in [2.45, 2.75) is 40.8 Å². The molecule has 1 heterocycles. The van der Waals surface area contributed by atoms with Crippen molar-refractivity contribution in [3.05, 3.63) is 46.8 Å². The minimum absolute atomic E-state index is 0.428. The summed E-state index contributed by atoms with van der Waals surface area (Å²) in [6, 6.07) is 8.14. The Morgan fingerprint density at radius 3 is 2.71 bits per heavy atom. The molecule has 0 atom stereocenters. The number of aryl methyl sites for hydroxylation is 2. The molecule has 21 heavy (non-hydrogen) atoms. The zero-order valence-corrected chi connectivity index (χ0v) is 13.3. The van der Waals surface area contributed by atoms with Crippen LogP contribution in [-0.4, -0.2) is 11.7 Å². The molecule has 1 N–H and O–H groups in total. The van der Waals surface area contributed by atoms with Gasteiger partial charge in [0.1, 0.15) is 23.8 Å². The first-order valence-electron chi connectivity index (χ1n) is 7.40. The summed E-state index contributed by atoms with van der Waals surface area (Å²) in [5, 5.41) is 7.40. The monoisotopic (exact) mass is 288 g/mol. The molecule has 0 fully saturated rings. The Morgan fingerprint density at radius 2 is 2.05 bits per heavy atom. The molecule has 0 aliphatic heterocycles. The molecular formula is C17H24N2O2. The van der Waals surface area contributed by atoms with Gasteiger partial charge in [0.2, 0.25) is 0 Å². The van der Waals surface area contributed by atoms with Crippen molar-refractivity contribution in [3.8, 4) is 5.75 Å². The third kappa shape index (κ3) is 4.90. The fourth-order valence-electron chi connectivity index (χ4n) is 2.12. The van der Waals surface area contributed by atoms with Gasteiger partial charge in [-0.2, -0.15) is 0 Å². The predicted molar refractivity (Wildman–Crippen MR) is 83.3 cm³/mol. The lowest BCUT2D eigenvalue weighted by molar-refractivity contribution is 0.284. The van der Waals surface area contributed by atoms with Gasteiger partial charge in [-0.1, -0.05) is 36.7 Å². The van der Waals surface area contributed by atoms with Crippen LogP contribution in [0.15, 0.2) is 28.8 Å². The summed E-state index contributed by atoms with van der Waals surface area (Å²) in [5.41, 5.74) is 3.23. The lowest BCUT2D eigenvalue weighted by Crippen LogP contribution is -2.19. The normalized spacial score (nSPS) is 11.1. The van der Waals surface area contributed by atoms with Crippen molar-refractivity contribution < 1.29 is 9.26 Å². The minimum Gasteiger partial charge on any atom is -0.487 e. The van der Waals surface area contributed by atoms with Crippen LogP contribution in [0.25, 0.3) is 0 Å². The largest absolute Gasteiger partial charge is 0.487 e. The quantitative estimate of drug-likeness (QED) is 0.845. The molecule has 4 nitrogen and oxygen atoms in total. The van der Waals surface area contributed by atoms with Crippen molar-refractivity contribution in [1.29, 1.82) is 0 Å². The molecule has 4 heteroatoms. The van der Waals surface area contributed by atoms with E-state index in [9.17, 15) is 0 Å². The molecule has 0 saturated carbocycles. The van der Waals surface area contributed by atoms with Gasteiger partial charge in [-0.3, -0.25) is 0 Å². The Morgan fingerprint density at radius 1 is 1.24 bits per heavy atom. The molecule has 0 amide bonds. The first-order chi connectivity index (χ1) is 10.0. The van der Waals surface area contributed by atoms with Crippen LogP contribution in [0.4, 0.5) is 0 Å². The van der Waals surface area contributed by atoms with Crippen molar-refractivity contribution in [1.82, 2.24) is 10.5 Å². The lowest BCUT2D eigenvalue weighted by Gasteiger charge is -2.13. The van der Waals surface area contributed by atoms with E-state index in [1.165, 1.54) is 11.1 Å². The number of nitrogens with one attached hydrogen (secondary N) is 1. The number of ether oxygens (including phenoxy) is 1. The summed E-state index contributed by atoms with van der Waals surface area (Å²) in [5.74, 6) is 2.34. The van der Waals surface area contributed by atoms with Crippen LogP contribution in [0, 0.1) is 19.8 Å². The summed E-state index contributed by atoms with van der Waals surface area (Å²) in [4.78, 5) is 0. The van der Waals surface area contributed by atoms with E-state index in [4.69, 9.17) is 9.26 Å². The first-order valence-corrected chi connectivity index (χ1v) is 7.40. The van der Waals surface area contributed by atoms with Gasteiger partial charge < -0.3 is 14.6 Å². The molecule has 0 aliphatic carbocycles. The highest BCUT2D eigenvalue weighted by Gasteiger charge is 2.07. The fourth-order valence-corrected chi connectivity index (χ4v) is 2.12. The van der Waals surface area contributed by atoms with E-state index in [-0.39, 0.29) is 0 Å². The van der Waals surface area contributed by atoms with Crippen molar-refractivity contribution >= 4 is 0 Å². The maximum Gasteiger partial charge on any atom is 0.134 e. The topological polar surface area (TPSA) is 47.3 Å². The molecule has 0 bridgehead atoms. The van der Waals surface area contributed by atoms with E-state index in [2.05, 4.69) is 43.4 Å². The molecule has 1 aromatic carbocycles. The van der Waals surface area contributed by atoms with Gasteiger partial charge in [0.25, 0.3) is 0 Å². The zero-order chi connectivity index (χ0) is 15.2. The van der Waals surface area contributed by atoms with Crippen molar-refractivity contribution in [2.24, 2.45) is 5.92 Å². The van der Waals surface area contributed by atoms with Crippen LogP contribution >= 0.6 is 0 Å². The second-order valence-corrected chi connectivity index (χ2v) is 5.85. The molecule has 114 valence electrons. The molecule has 0 aliphatic rings. The number of hydrogen-bond donors (Lipinski definition) is 1. The molecule has 2 aromatic rings. The van der Waals surface area contributed by atoms with Crippen LogP contribution in [0.1, 0.15) is 36.4 Å². The van der Waals surface area contributed by atoms with Crippen molar-refractivity contribution in [2.75, 3.05) is 6.54 Å². The SMILES string of the molecule is Cc1ccc(OCc2cc(C)on2)c(CNCC(C)C)c1. The molecule has 0 spiro atoms. The number of nitrogens with zero attached hydrogens (tertiary/aromatic N) is 1. The Hall–Kier alpha value is -1.81. The fraction of sp³-hybridized carbons (Fsp3) is 0.471. The highest BCUT2D eigenvalue weighted by molar-refractivity contribution is 5.37. The van der Waals surface area contributed by atoms with Crippen LogP contribution in [0.3, 0.4) is 0 Å². The molecule has 2 rings (SSSR count). The molecular weight excluding hydrogens is 264 g/mol. The number of hydrogen-bond acceptors (Lipinski definition) is 4. The second-order valence-electron chi connectivity index (χ2n) is 5.85. The Kier molecular flexibility index (Phi) is 5.39. The molecule has 0 radical (unpaired) electrons. The minimum atomic E-state index is 0.428. The van der Waals surface area contributed by atoms with Gasteiger partial charge in [0.05, 0.1) is 0 Å². The van der Waals surface area contributed by atoms with Gasteiger partial charge in [-0.25, -0.2) is 0 Å². The van der Waals surface area contributed by atoms with Crippen molar-refractivity contribution in [3.63, 3.8) is 0 Å². The summed E-state index contributed by atoms with van der Waals surface area (Å²) >= 11 is 0. The number of aromatic nitrogens is 1. The van der Waals surface area contributed by atoms with Gasteiger partial charge >= 0.3 is 0 Å². The van der Waals surface area contributed by atoms with E-state index in [1.54, 1.807) is 0 Å². The van der Waals surface area contributed by atoms with Crippen LogP contribution < -0.4 is 10.1 Å². The van der Waals surface area contributed by atoms with E-state index in [0.717, 1.165) is 30.3 Å². The van der Waals surface area contributed by atoms with Gasteiger partial charge in [0, 0.05) is 18.2 Å². The molecule has 0 unspecified atom stereocenters. The number of rotatable bonds is 7. The van der Waals surface area contributed by atoms with Crippen LogP contribution in [-0.2, 0) is 13.2 Å². The van der Waals surface area contributed by atoms with Crippen LogP contribution in [0.5, 0.6) is 5.75 Å². The average molecular weight is 288 g/mol. The number of benzene rings is 1. The van der Waals surface area contributed by atoms with Gasteiger partial charge in [-0.05, 0) is 32.4 Å². The maximum absolute atomic E-state index is 5.89. The summed E-state index contributed by atoms with van der Waals surface area (Å²) in [7, 11) is 0. The third-order valence-electron chi connectivity index (χ3n) is 3.14. The van der Waals surface area contributed by atoms with Gasteiger partial charge in [0.15, 0.2) is 0 Å². The standard InChI is InChI=1S/C17H24N2O2/c1-12(2)9-18-10-15-7-13(3)5-6-17(15)20-11-16-8-14(4)21-19-16/h5-8,12,18H,9-11H2,1-4H3. The Labute approximate surface area is 126 Å². The Balaban J connectivity index is 2.00. The zero-order valence-electron chi connectivity index (χ0n) is 13.3. The molecule has 0 saturated heterocycles. The molecule has 1 aromatic heterocycles. The summed E-state index contributed by atoms with van der Waals surface area (Å²) < 4.78 is 10.9. The van der Waals surface area contributed by atoms with Gasteiger partial charge in [-0.15, -0.1) is 0 Å². The van der Waals surface area contributed by atoms with E-state index in [0.29, 0.717) is 12.5 Å². The average Bonchev–Trinajstić information content (AvgIpc) is 2.83. The maximum atomic E-state index is 5.89. The first kappa shape index (κ1) is 15.6. The smallest absolute Gasteiger partial charge is 0.134 e. The van der Waals surface area contributed by atoms with Crippen LogP contribution in [0.2, 0.25) is 0 Å². The predicted octanol–water partition coefficient (Wildman–Crippen LogP) is 3.62. The van der Waals surface area contributed by atoms with E-state index in [1.807, 2.05) is 19.1 Å². The highest BCUT2D eigenvalue weighted by atomic mass is 16.5.